The zero-order valence-electron chi connectivity index (χ0n) is 16.8. The largest absolute Gasteiger partial charge is 0.377 e. The Balaban J connectivity index is 0.00000131. The molecule has 27 heavy (non-hydrogen) atoms. The number of halogens is 2. The number of hydrogen-bond acceptors (Lipinski definition) is 4. The number of ether oxygens (including phenoxy) is 1. The van der Waals surface area contributed by atoms with Gasteiger partial charge in [0.1, 0.15) is 5.54 Å². The Morgan fingerprint density at radius 1 is 0.963 bits per heavy atom. The smallest absolute Gasteiger partial charge is 0.243 e. The van der Waals surface area contributed by atoms with Crippen molar-refractivity contribution in [2.45, 2.75) is 76.5 Å². The first-order valence-electron chi connectivity index (χ1n) is 10.4. The number of rotatable bonds is 2. The van der Waals surface area contributed by atoms with Crippen molar-refractivity contribution in [2.24, 2.45) is 17.1 Å². The lowest BCUT2D eigenvalue weighted by Crippen LogP contribution is -2.82. The van der Waals surface area contributed by atoms with Crippen LogP contribution in [0.4, 0.5) is 0 Å². The molecule has 5 nitrogen and oxygen atoms in total. The number of nitrogens with two attached hydrogens (primary N) is 1. The maximum absolute atomic E-state index is 13.4. The van der Waals surface area contributed by atoms with Gasteiger partial charge in [0, 0.05) is 37.1 Å². The lowest BCUT2D eigenvalue weighted by atomic mass is 9.46. The Morgan fingerprint density at radius 3 is 2.22 bits per heavy atom. The fourth-order valence-corrected chi connectivity index (χ4v) is 5.99. The van der Waals surface area contributed by atoms with Crippen LogP contribution < -0.4 is 5.73 Å². The zero-order chi connectivity index (χ0) is 17.7. The minimum Gasteiger partial charge on any atom is -0.377 e. The number of amides is 1. The maximum Gasteiger partial charge on any atom is 0.243 e. The Labute approximate surface area is 176 Å². The second kappa shape index (κ2) is 8.74. The lowest BCUT2D eigenvalue weighted by molar-refractivity contribution is -0.230. The summed E-state index contributed by atoms with van der Waals surface area (Å²) < 4.78 is 5.96. The van der Waals surface area contributed by atoms with Crippen LogP contribution in [0.25, 0.3) is 0 Å². The minimum absolute atomic E-state index is 0. The van der Waals surface area contributed by atoms with E-state index >= 15 is 0 Å². The van der Waals surface area contributed by atoms with Crippen molar-refractivity contribution in [1.82, 2.24) is 9.80 Å². The van der Waals surface area contributed by atoms with E-state index in [4.69, 9.17) is 10.5 Å². The van der Waals surface area contributed by atoms with Gasteiger partial charge >= 0.3 is 0 Å². The highest BCUT2D eigenvalue weighted by Crippen LogP contribution is 2.58. The highest BCUT2D eigenvalue weighted by molar-refractivity contribution is 5.89. The van der Waals surface area contributed by atoms with Gasteiger partial charge in [-0.2, -0.15) is 0 Å². The number of likely N-dealkylation sites (tertiary alicyclic amines) is 2. The molecular formula is C20H37Cl2N3O2. The summed E-state index contributed by atoms with van der Waals surface area (Å²) >= 11 is 0. The monoisotopic (exact) mass is 421 g/mol. The van der Waals surface area contributed by atoms with Crippen molar-refractivity contribution < 1.29 is 9.53 Å². The fourth-order valence-electron chi connectivity index (χ4n) is 5.99. The molecule has 4 aliphatic rings. The van der Waals surface area contributed by atoms with Crippen LogP contribution in [-0.4, -0.2) is 66.2 Å². The van der Waals surface area contributed by atoms with Crippen molar-refractivity contribution in [1.29, 1.82) is 0 Å². The molecule has 1 amide bonds. The van der Waals surface area contributed by atoms with Gasteiger partial charge in [0.15, 0.2) is 0 Å². The van der Waals surface area contributed by atoms with Gasteiger partial charge < -0.3 is 20.3 Å². The van der Waals surface area contributed by atoms with Crippen LogP contribution in [0.5, 0.6) is 0 Å². The van der Waals surface area contributed by atoms with Crippen molar-refractivity contribution in [3.63, 3.8) is 0 Å². The van der Waals surface area contributed by atoms with Gasteiger partial charge in [0.05, 0.1) is 6.10 Å². The zero-order valence-corrected chi connectivity index (χ0v) is 18.5. The molecule has 3 unspecified atom stereocenters. The first-order valence-corrected chi connectivity index (χ1v) is 10.4. The van der Waals surface area contributed by atoms with E-state index in [0.717, 1.165) is 45.4 Å². The Hall–Kier alpha value is -0.0700. The molecule has 4 rings (SSSR count). The van der Waals surface area contributed by atoms with Crippen molar-refractivity contribution in [3.05, 3.63) is 0 Å². The third-order valence-corrected chi connectivity index (χ3v) is 7.70. The highest BCUT2D eigenvalue weighted by Gasteiger charge is 2.70. The van der Waals surface area contributed by atoms with Crippen LogP contribution >= 0.6 is 24.8 Å². The van der Waals surface area contributed by atoms with Gasteiger partial charge in [-0.1, -0.05) is 20.3 Å². The van der Waals surface area contributed by atoms with E-state index in [2.05, 4.69) is 23.6 Å². The Kier molecular flexibility index (Phi) is 7.52. The summed E-state index contributed by atoms with van der Waals surface area (Å²) in [7, 11) is 0. The second-order valence-electron chi connectivity index (χ2n) is 9.25. The van der Waals surface area contributed by atoms with Crippen molar-refractivity contribution in [2.75, 3.05) is 32.8 Å². The molecule has 0 aromatic heterocycles. The van der Waals surface area contributed by atoms with E-state index in [1.807, 2.05) is 0 Å². The van der Waals surface area contributed by atoms with Gasteiger partial charge in [0.2, 0.25) is 5.91 Å². The Morgan fingerprint density at radius 2 is 1.59 bits per heavy atom. The molecule has 3 heterocycles. The first-order chi connectivity index (χ1) is 12.0. The van der Waals surface area contributed by atoms with Gasteiger partial charge in [-0.3, -0.25) is 4.79 Å². The molecule has 158 valence electrons. The van der Waals surface area contributed by atoms with Crippen LogP contribution in [-0.2, 0) is 9.53 Å². The highest BCUT2D eigenvalue weighted by atomic mass is 35.5. The van der Waals surface area contributed by atoms with E-state index in [1.165, 1.54) is 32.4 Å². The second-order valence-corrected chi connectivity index (χ2v) is 9.25. The molecule has 0 bridgehead atoms. The van der Waals surface area contributed by atoms with Crippen LogP contribution in [0.3, 0.4) is 0 Å². The molecule has 2 N–H and O–H groups in total. The molecule has 0 aromatic carbocycles. The molecule has 0 spiro atoms. The number of carbonyl (C=O) groups is 1. The molecule has 4 fully saturated rings. The molecule has 3 saturated heterocycles. The molecule has 1 aliphatic carbocycles. The average molecular weight is 422 g/mol. The number of piperidine rings is 2. The molecule has 3 aliphatic heterocycles. The maximum atomic E-state index is 13.4. The summed E-state index contributed by atoms with van der Waals surface area (Å²) in [6.45, 7) is 9.29. The van der Waals surface area contributed by atoms with Gasteiger partial charge in [-0.25, -0.2) is 0 Å². The lowest BCUT2D eigenvalue weighted by Gasteiger charge is -2.66. The van der Waals surface area contributed by atoms with E-state index in [0.29, 0.717) is 6.04 Å². The average Bonchev–Trinajstić information content (AvgIpc) is 2.67. The van der Waals surface area contributed by atoms with E-state index in [1.54, 1.807) is 0 Å². The fraction of sp³-hybridized carbons (Fsp3) is 0.950. The van der Waals surface area contributed by atoms with Gasteiger partial charge in [-0.05, 0) is 51.6 Å². The van der Waals surface area contributed by atoms with Crippen LogP contribution in [0.2, 0.25) is 0 Å². The van der Waals surface area contributed by atoms with Crippen molar-refractivity contribution in [3.8, 4) is 0 Å². The predicted octanol–water partition coefficient (Wildman–Crippen LogP) is 2.84. The van der Waals surface area contributed by atoms with E-state index < -0.39 is 5.54 Å². The molecule has 7 heteroatoms. The van der Waals surface area contributed by atoms with Crippen LogP contribution in [0.15, 0.2) is 0 Å². The predicted molar refractivity (Wildman–Crippen MR) is 113 cm³/mol. The molecular weight excluding hydrogens is 385 g/mol. The number of hydrogen-bond donors (Lipinski definition) is 1. The summed E-state index contributed by atoms with van der Waals surface area (Å²) in [4.78, 5) is 18.1. The Bertz CT molecular complexity index is 519. The molecule has 0 radical (unpaired) electrons. The summed E-state index contributed by atoms with van der Waals surface area (Å²) in [5.74, 6) is 0.380. The topological polar surface area (TPSA) is 58.8 Å². The number of carbonyl (C=O) groups excluding carboxylic acids is 1. The summed E-state index contributed by atoms with van der Waals surface area (Å²) in [6.07, 6.45) is 8.47. The normalized spacial score (nSPS) is 36.6. The SMILES string of the molecule is CC1(C)C2OCCCC2C1(N)C(=O)N1CCC(N2CCCCC2)CC1.Cl.Cl. The van der Waals surface area contributed by atoms with Crippen LogP contribution in [0, 0.1) is 11.3 Å². The summed E-state index contributed by atoms with van der Waals surface area (Å²) in [5.41, 5.74) is 5.80. The third-order valence-electron chi connectivity index (χ3n) is 7.70. The molecule has 3 atom stereocenters. The first kappa shape index (κ1) is 23.2. The number of fused-ring (bicyclic) bond motifs is 1. The summed E-state index contributed by atoms with van der Waals surface area (Å²) in [6, 6.07) is 0.665. The molecule has 0 aromatic rings. The van der Waals surface area contributed by atoms with E-state index in [-0.39, 0.29) is 48.2 Å². The standard InChI is InChI=1S/C20H35N3O2.2ClH/c1-19(2)17-16(7-6-14-25-17)20(19,21)18(24)23-12-8-15(9-13-23)22-10-4-3-5-11-22;;/h15-17H,3-14,21H2,1-2H3;2*1H. The van der Waals surface area contributed by atoms with E-state index in [9.17, 15) is 4.79 Å². The minimum atomic E-state index is -0.740. The van der Waals surface area contributed by atoms with Gasteiger partial charge in [0.25, 0.3) is 0 Å². The van der Waals surface area contributed by atoms with Crippen LogP contribution in [0.1, 0.15) is 58.8 Å². The molecule has 1 saturated carbocycles. The number of nitrogens with zero attached hydrogens (tertiary/aromatic N) is 2. The quantitative estimate of drug-likeness (QED) is 0.744. The third kappa shape index (κ3) is 3.63. The van der Waals surface area contributed by atoms with Gasteiger partial charge in [-0.15, -0.1) is 24.8 Å². The van der Waals surface area contributed by atoms with Crippen molar-refractivity contribution >= 4 is 30.7 Å². The summed E-state index contributed by atoms with van der Waals surface area (Å²) in [5, 5.41) is 0.